The van der Waals surface area contributed by atoms with Gasteiger partial charge in [0, 0.05) is 30.8 Å². The molecule has 0 fully saturated rings. The minimum Gasteiger partial charge on any atom is -0.497 e. The number of carbonyl (C=O) groups excluding carboxylic acids is 1. The Morgan fingerprint density at radius 1 is 1.00 bits per heavy atom. The molecule has 0 radical (unpaired) electrons. The van der Waals surface area contributed by atoms with Gasteiger partial charge in [0.05, 0.1) is 23.4 Å². The summed E-state index contributed by atoms with van der Waals surface area (Å²) in [6.07, 6.45) is 0.788. The van der Waals surface area contributed by atoms with E-state index in [1.807, 2.05) is 47.4 Å². The number of amides is 1. The summed E-state index contributed by atoms with van der Waals surface area (Å²) in [6.45, 7) is 1.13. The molecule has 1 aliphatic rings. The third-order valence-corrected chi connectivity index (χ3v) is 6.02. The fraction of sp³-hybridized carbons (Fsp3) is 0.154. The molecule has 8 heteroatoms. The monoisotopic (exact) mass is 454 g/mol. The molecule has 0 aliphatic carbocycles. The fourth-order valence-electron chi connectivity index (χ4n) is 4.20. The van der Waals surface area contributed by atoms with E-state index in [2.05, 4.69) is 6.07 Å². The van der Waals surface area contributed by atoms with Gasteiger partial charge in [0.2, 0.25) is 0 Å². The number of non-ortho nitro benzene ring substituents is 1. The average Bonchev–Trinajstić information content (AvgIpc) is 3.33. The Bertz CT molecular complexity index is 1380. The first-order valence-corrected chi connectivity index (χ1v) is 10.9. The van der Waals surface area contributed by atoms with Gasteiger partial charge in [-0.15, -0.1) is 0 Å². The normalized spacial score (nSPS) is 12.8. The van der Waals surface area contributed by atoms with E-state index >= 15 is 0 Å². The SMILES string of the molecule is COc1cccc(-c2cc(C(=O)N3CCc4ccccc4C3)n(-c3ccc([N+](=O)[O-])cc3)n2)c1. The summed E-state index contributed by atoms with van der Waals surface area (Å²) in [5, 5.41) is 15.8. The van der Waals surface area contributed by atoms with Gasteiger partial charge in [-0.1, -0.05) is 36.4 Å². The number of nitrogens with zero attached hydrogens (tertiary/aromatic N) is 4. The molecule has 0 atom stereocenters. The Labute approximate surface area is 196 Å². The van der Waals surface area contributed by atoms with Crippen LogP contribution in [0.15, 0.2) is 78.9 Å². The van der Waals surface area contributed by atoms with Crippen LogP contribution in [0.2, 0.25) is 0 Å². The van der Waals surface area contributed by atoms with Crippen molar-refractivity contribution in [2.75, 3.05) is 13.7 Å². The van der Waals surface area contributed by atoms with Crippen LogP contribution in [0.25, 0.3) is 16.9 Å². The van der Waals surface area contributed by atoms with E-state index in [-0.39, 0.29) is 11.6 Å². The number of rotatable bonds is 5. The lowest BCUT2D eigenvalue weighted by atomic mass is 9.99. The van der Waals surface area contributed by atoms with Gasteiger partial charge in [-0.25, -0.2) is 4.68 Å². The first-order valence-electron chi connectivity index (χ1n) is 10.9. The first-order chi connectivity index (χ1) is 16.5. The third kappa shape index (κ3) is 4.01. The largest absolute Gasteiger partial charge is 0.497 e. The molecule has 3 aromatic carbocycles. The molecule has 1 aliphatic heterocycles. The number of methoxy groups -OCH3 is 1. The summed E-state index contributed by atoms with van der Waals surface area (Å²) in [7, 11) is 1.59. The van der Waals surface area contributed by atoms with E-state index in [1.165, 1.54) is 17.7 Å². The highest BCUT2D eigenvalue weighted by atomic mass is 16.6. The highest BCUT2D eigenvalue weighted by molar-refractivity contribution is 5.94. The number of hydrogen-bond donors (Lipinski definition) is 0. The predicted molar refractivity (Wildman–Crippen MR) is 127 cm³/mol. The molecule has 2 heterocycles. The van der Waals surface area contributed by atoms with Gasteiger partial charge in [0.1, 0.15) is 11.4 Å². The van der Waals surface area contributed by atoms with E-state index in [9.17, 15) is 14.9 Å². The number of nitro groups is 1. The van der Waals surface area contributed by atoms with E-state index < -0.39 is 4.92 Å². The van der Waals surface area contributed by atoms with Gasteiger partial charge in [-0.05, 0) is 47.9 Å². The van der Waals surface area contributed by atoms with Gasteiger partial charge in [-0.3, -0.25) is 14.9 Å². The number of benzene rings is 3. The molecular weight excluding hydrogens is 432 g/mol. The third-order valence-electron chi connectivity index (χ3n) is 6.02. The van der Waals surface area contributed by atoms with Gasteiger partial charge >= 0.3 is 0 Å². The topological polar surface area (TPSA) is 90.5 Å². The summed E-state index contributed by atoms with van der Waals surface area (Å²) in [4.78, 5) is 26.1. The number of fused-ring (bicyclic) bond motifs is 1. The summed E-state index contributed by atoms with van der Waals surface area (Å²) in [5.74, 6) is 0.539. The molecule has 0 N–H and O–H groups in total. The molecular formula is C26H22N4O4. The van der Waals surface area contributed by atoms with Crippen LogP contribution in [0.4, 0.5) is 5.69 Å². The maximum Gasteiger partial charge on any atom is 0.272 e. The average molecular weight is 454 g/mol. The maximum atomic E-state index is 13.7. The molecule has 1 aromatic heterocycles. The Morgan fingerprint density at radius 2 is 1.76 bits per heavy atom. The van der Waals surface area contributed by atoms with Crippen LogP contribution in [0.3, 0.4) is 0 Å². The lowest BCUT2D eigenvalue weighted by Crippen LogP contribution is -2.37. The molecule has 5 rings (SSSR count). The predicted octanol–water partition coefficient (Wildman–Crippen LogP) is 4.65. The van der Waals surface area contributed by atoms with Crippen LogP contribution in [-0.4, -0.2) is 39.2 Å². The second-order valence-electron chi connectivity index (χ2n) is 8.08. The zero-order valence-electron chi connectivity index (χ0n) is 18.5. The van der Waals surface area contributed by atoms with Crippen molar-refractivity contribution >= 4 is 11.6 Å². The molecule has 4 aromatic rings. The number of hydrogen-bond acceptors (Lipinski definition) is 5. The van der Waals surface area contributed by atoms with Crippen molar-refractivity contribution in [1.82, 2.24) is 14.7 Å². The van der Waals surface area contributed by atoms with E-state index in [4.69, 9.17) is 9.84 Å². The number of carbonyl (C=O) groups is 1. The van der Waals surface area contributed by atoms with Crippen LogP contribution in [-0.2, 0) is 13.0 Å². The second kappa shape index (κ2) is 8.82. The molecule has 0 spiro atoms. The lowest BCUT2D eigenvalue weighted by Gasteiger charge is -2.29. The van der Waals surface area contributed by atoms with Crippen molar-refractivity contribution in [2.45, 2.75) is 13.0 Å². The quantitative estimate of drug-likeness (QED) is 0.323. The van der Waals surface area contributed by atoms with Crippen LogP contribution >= 0.6 is 0 Å². The fourth-order valence-corrected chi connectivity index (χ4v) is 4.20. The summed E-state index contributed by atoms with van der Waals surface area (Å²) in [5.41, 5.74) is 4.75. The van der Waals surface area contributed by atoms with Crippen LogP contribution in [0, 0.1) is 10.1 Å². The summed E-state index contributed by atoms with van der Waals surface area (Å²) < 4.78 is 6.89. The lowest BCUT2D eigenvalue weighted by molar-refractivity contribution is -0.384. The second-order valence-corrected chi connectivity index (χ2v) is 8.08. The van der Waals surface area contributed by atoms with Gasteiger partial charge in [0.25, 0.3) is 11.6 Å². The first kappa shape index (κ1) is 21.4. The van der Waals surface area contributed by atoms with Gasteiger partial charge in [-0.2, -0.15) is 5.10 Å². The molecule has 34 heavy (non-hydrogen) atoms. The molecule has 0 unspecified atom stereocenters. The van der Waals surface area contributed by atoms with Gasteiger partial charge < -0.3 is 9.64 Å². The van der Waals surface area contributed by atoms with E-state index in [0.29, 0.717) is 35.9 Å². The zero-order valence-corrected chi connectivity index (χ0v) is 18.5. The Balaban J connectivity index is 1.56. The highest BCUT2D eigenvalue weighted by Gasteiger charge is 2.26. The molecule has 0 saturated carbocycles. The zero-order chi connectivity index (χ0) is 23.7. The molecule has 0 saturated heterocycles. The highest BCUT2D eigenvalue weighted by Crippen LogP contribution is 2.28. The summed E-state index contributed by atoms with van der Waals surface area (Å²) in [6, 6.07) is 23.4. The van der Waals surface area contributed by atoms with E-state index in [1.54, 1.807) is 30.0 Å². The van der Waals surface area contributed by atoms with Crippen molar-refractivity contribution in [3.8, 4) is 22.7 Å². The van der Waals surface area contributed by atoms with E-state index in [0.717, 1.165) is 17.5 Å². The molecule has 0 bridgehead atoms. The number of ether oxygens (including phenoxy) is 1. The van der Waals surface area contributed by atoms with Crippen molar-refractivity contribution in [2.24, 2.45) is 0 Å². The van der Waals surface area contributed by atoms with Crippen LogP contribution in [0.1, 0.15) is 21.6 Å². The molecule has 8 nitrogen and oxygen atoms in total. The van der Waals surface area contributed by atoms with Crippen molar-refractivity contribution in [3.05, 3.63) is 106 Å². The summed E-state index contributed by atoms with van der Waals surface area (Å²) >= 11 is 0. The number of aromatic nitrogens is 2. The van der Waals surface area contributed by atoms with Crippen LogP contribution in [0.5, 0.6) is 5.75 Å². The van der Waals surface area contributed by atoms with Gasteiger partial charge in [0.15, 0.2) is 0 Å². The molecule has 170 valence electrons. The Morgan fingerprint density at radius 3 is 2.50 bits per heavy atom. The van der Waals surface area contributed by atoms with Crippen molar-refractivity contribution in [3.63, 3.8) is 0 Å². The smallest absolute Gasteiger partial charge is 0.272 e. The Kier molecular flexibility index (Phi) is 5.55. The molecule has 1 amide bonds. The standard InChI is InChI=1S/C26H22N4O4/c1-34-23-8-4-7-19(15-23)24-16-25(29(27-24)21-9-11-22(12-10-21)30(32)33)26(31)28-14-13-18-5-2-3-6-20(18)17-28/h2-12,15-16H,13-14,17H2,1H3. The van der Waals surface area contributed by atoms with Crippen LogP contribution < -0.4 is 4.74 Å². The van der Waals surface area contributed by atoms with Crippen molar-refractivity contribution < 1.29 is 14.5 Å². The Hall–Kier alpha value is -4.46. The number of nitro benzene ring substituents is 1. The minimum absolute atomic E-state index is 0.0237. The minimum atomic E-state index is -0.453. The van der Waals surface area contributed by atoms with Crippen molar-refractivity contribution in [1.29, 1.82) is 0 Å². The maximum absolute atomic E-state index is 13.7.